The Balaban J connectivity index is 1.84. The van der Waals surface area contributed by atoms with Gasteiger partial charge in [0, 0.05) is 17.9 Å². The van der Waals surface area contributed by atoms with Crippen LogP contribution in [0.2, 0.25) is 0 Å². The summed E-state index contributed by atoms with van der Waals surface area (Å²) in [5.41, 5.74) is 3.15. The van der Waals surface area contributed by atoms with Crippen molar-refractivity contribution in [3.8, 4) is 0 Å². The van der Waals surface area contributed by atoms with E-state index in [-0.39, 0.29) is 11.7 Å². The molecule has 0 unspecified atom stereocenters. The van der Waals surface area contributed by atoms with Gasteiger partial charge in [0.1, 0.15) is 0 Å². The highest BCUT2D eigenvalue weighted by Gasteiger charge is 2.55. The molecule has 1 aliphatic heterocycles. The van der Waals surface area contributed by atoms with Crippen LogP contribution in [0.4, 0.5) is 0 Å². The summed E-state index contributed by atoms with van der Waals surface area (Å²) in [6.07, 6.45) is 0.525. The Labute approximate surface area is 145 Å². The van der Waals surface area contributed by atoms with Crippen molar-refractivity contribution in [2.45, 2.75) is 24.8 Å². The van der Waals surface area contributed by atoms with Crippen LogP contribution >= 0.6 is 0 Å². The predicted molar refractivity (Wildman–Crippen MR) is 92.2 cm³/mol. The molecule has 0 aromatic heterocycles. The van der Waals surface area contributed by atoms with Gasteiger partial charge < -0.3 is 4.74 Å². The number of Topliss-reactive ketones (excluding diaryl/α,β-unsaturated/α-hetero) is 1. The van der Waals surface area contributed by atoms with Crippen LogP contribution in [0.3, 0.4) is 0 Å². The van der Waals surface area contributed by atoms with Gasteiger partial charge in [-0.2, -0.15) is 10.2 Å². The fraction of sp³-hybridized carbons (Fsp3) is 0.300. The molecular formula is C20H18N2O3. The maximum atomic E-state index is 13.2. The van der Waals surface area contributed by atoms with Crippen LogP contribution in [0.25, 0.3) is 0 Å². The van der Waals surface area contributed by atoms with Crippen molar-refractivity contribution in [2.24, 2.45) is 10.2 Å². The van der Waals surface area contributed by atoms with Crippen LogP contribution in [0.15, 0.2) is 52.7 Å². The first-order valence-corrected chi connectivity index (χ1v) is 8.27. The van der Waals surface area contributed by atoms with E-state index in [2.05, 4.69) is 10.2 Å². The molecule has 2 aliphatic rings. The van der Waals surface area contributed by atoms with Gasteiger partial charge in [-0.1, -0.05) is 36.4 Å². The second-order valence-corrected chi connectivity index (χ2v) is 6.59. The number of carbonyl (C=O) groups is 2. The van der Waals surface area contributed by atoms with Crippen molar-refractivity contribution in [1.82, 2.24) is 0 Å². The lowest BCUT2D eigenvalue weighted by Gasteiger charge is -2.27. The zero-order valence-electron chi connectivity index (χ0n) is 14.2. The van der Waals surface area contributed by atoms with Crippen LogP contribution in [-0.2, 0) is 11.2 Å². The van der Waals surface area contributed by atoms with E-state index in [1.54, 1.807) is 12.1 Å². The number of carbonyl (C=O) groups excluding carboxylic acids is 2. The fourth-order valence-electron chi connectivity index (χ4n) is 4.02. The van der Waals surface area contributed by atoms with Gasteiger partial charge in [0.25, 0.3) is 0 Å². The SMILES string of the molecule is COC(=O)c1ccccc1[C@@H]1CN=N[C@@]12Cc1c(C)cccc1C2=O. The van der Waals surface area contributed by atoms with Crippen LogP contribution < -0.4 is 0 Å². The average Bonchev–Trinajstić information content (AvgIpc) is 3.18. The number of esters is 1. The van der Waals surface area contributed by atoms with E-state index in [1.807, 2.05) is 37.3 Å². The van der Waals surface area contributed by atoms with Gasteiger partial charge in [-0.25, -0.2) is 4.79 Å². The number of benzene rings is 2. The van der Waals surface area contributed by atoms with Crippen molar-refractivity contribution in [1.29, 1.82) is 0 Å². The molecule has 126 valence electrons. The molecule has 2 aromatic rings. The predicted octanol–water partition coefficient (Wildman–Crippen LogP) is 3.51. The third-order valence-corrected chi connectivity index (χ3v) is 5.33. The van der Waals surface area contributed by atoms with Gasteiger partial charge in [0.2, 0.25) is 0 Å². The Morgan fingerprint density at radius 1 is 1.20 bits per heavy atom. The van der Waals surface area contributed by atoms with Gasteiger partial charge in [0.05, 0.1) is 19.2 Å². The first-order valence-electron chi connectivity index (χ1n) is 8.27. The number of nitrogens with zero attached hydrogens (tertiary/aromatic N) is 2. The van der Waals surface area contributed by atoms with Gasteiger partial charge in [-0.15, -0.1) is 0 Å². The lowest BCUT2D eigenvalue weighted by Crippen LogP contribution is -2.39. The van der Waals surface area contributed by atoms with Gasteiger partial charge in [0.15, 0.2) is 11.3 Å². The van der Waals surface area contributed by atoms with Crippen molar-refractivity contribution < 1.29 is 14.3 Å². The molecule has 0 radical (unpaired) electrons. The Bertz CT molecular complexity index is 919. The van der Waals surface area contributed by atoms with E-state index in [1.165, 1.54) is 7.11 Å². The fourth-order valence-corrected chi connectivity index (χ4v) is 4.02. The molecular weight excluding hydrogens is 316 g/mol. The highest BCUT2D eigenvalue weighted by Crippen LogP contribution is 2.47. The molecule has 1 heterocycles. The third kappa shape index (κ3) is 2.15. The van der Waals surface area contributed by atoms with Crippen molar-refractivity contribution in [3.05, 3.63) is 70.3 Å². The molecule has 0 bridgehead atoms. The van der Waals surface area contributed by atoms with Crippen molar-refractivity contribution >= 4 is 11.8 Å². The molecule has 0 fully saturated rings. The summed E-state index contributed by atoms with van der Waals surface area (Å²) in [6, 6.07) is 13.0. The summed E-state index contributed by atoms with van der Waals surface area (Å²) in [4.78, 5) is 25.4. The number of fused-ring (bicyclic) bond motifs is 1. The monoisotopic (exact) mass is 334 g/mol. The van der Waals surface area contributed by atoms with Gasteiger partial charge >= 0.3 is 5.97 Å². The second-order valence-electron chi connectivity index (χ2n) is 6.59. The Hall–Kier alpha value is -2.82. The van der Waals surface area contributed by atoms with Gasteiger partial charge in [-0.05, 0) is 29.7 Å². The van der Waals surface area contributed by atoms with E-state index < -0.39 is 11.5 Å². The molecule has 0 amide bonds. The molecule has 0 saturated carbocycles. The lowest BCUT2D eigenvalue weighted by molar-refractivity contribution is 0.0597. The summed E-state index contributed by atoms with van der Waals surface area (Å²) in [6.45, 7) is 2.40. The molecule has 25 heavy (non-hydrogen) atoms. The lowest BCUT2D eigenvalue weighted by atomic mass is 9.76. The number of azo groups is 1. The van der Waals surface area contributed by atoms with E-state index >= 15 is 0 Å². The number of hydrogen-bond donors (Lipinski definition) is 0. The molecule has 0 saturated heterocycles. The molecule has 1 spiro atoms. The van der Waals surface area contributed by atoms with E-state index in [4.69, 9.17) is 4.74 Å². The highest BCUT2D eigenvalue weighted by atomic mass is 16.5. The first-order chi connectivity index (χ1) is 12.1. The molecule has 0 N–H and O–H groups in total. The number of ketones is 1. The Kier molecular flexibility index (Phi) is 3.53. The molecule has 4 rings (SSSR count). The summed E-state index contributed by atoms with van der Waals surface area (Å²) in [5.74, 6) is -0.670. The maximum absolute atomic E-state index is 13.2. The summed E-state index contributed by atoms with van der Waals surface area (Å²) in [5, 5.41) is 8.63. The van der Waals surface area contributed by atoms with Crippen LogP contribution in [-0.4, -0.2) is 30.9 Å². The molecule has 1 aliphatic carbocycles. The number of rotatable bonds is 2. The maximum Gasteiger partial charge on any atom is 0.338 e. The zero-order valence-corrected chi connectivity index (χ0v) is 14.2. The summed E-state index contributed by atoms with van der Waals surface area (Å²) < 4.78 is 4.91. The largest absolute Gasteiger partial charge is 0.465 e. The van der Waals surface area contributed by atoms with Gasteiger partial charge in [-0.3, -0.25) is 4.79 Å². The smallest absolute Gasteiger partial charge is 0.338 e. The molecule has 5 heteroatoms. The quantitative estimate of drug-likeness (QED) is 0.789. The number of hydrogen-bond acceptors (Lipinski definition) is 5. The third-order valence-electron chi connectivity index (χ3n) is 5.33. The number of ether oxygens (including phenoxy) is 1. The summed E-state index contributed by atoms with van der Waals surface area (Å²) in [7, 11) is 1.36. The van der Waals surface area contributed by atoms with E-state index in [0.717, 1.165) is 22.3 Å². The highest BCUT2D eigenvalue weighted by molar-refractivity contribution is 6.09. The average molecular weight is 334 g/mol. The van der Waals surface area contributed by atoms with Crippen LogP contribution in [0.5, 0.6) is 0 Å². The normalized spacial score (nSPS) is 23.9. The molecule has 2 atom stereocenters. The Morgan fingerprint density at radius 2 is 2.00 bits per heavy atom. The van der Waals surface area contributed by atoms with Crippen LogP contribution in [0, 0.1) is 6.92 Å². The van der Waals surface area contributed by atoms with E-state index in [0.29, 0.717) is 18.5 Å². The minimum absolute atomic E-state index is 0.00267. The summed E-state index contributed by atoms with van der Waals surface area (Å²) >= 11 is 0. The minimum atomic E-state index is -0.946. The van der Waals surface area contributed by atoms with Crippen molar-refractivity contribution in [3.63, 3.8) is 0 Å². The number of aryl methyl sites for hydroxylation is 1. The molecule has 5 nitrogen and oxygen atoms in total. The molecule has 2 aromatic carbocycles. The second kappa shape index (κ2) is 5.62. The minimum Gasteiger partial charge on any atom is -0.465 e. The van der Waals surface area contributed by atoms with Crippen molar-refractivity contribution in [2.75, 3.05) is 13.7 Å². The van der Waals surface area contributed by atoms with Crippen LogP contribution in [0.1, 0.15) is 43.3 Å². The van der Waals surface area contributed by atoms with E-state index in [9.17, 15) is 9.59 Å². The standard InChI is InChI=1S/C20H18N2O3/c1-12-6-5-9-14-16(12)10-20(18(14)23)17(11-21-22-20)13-7-3-4-8-15(13)19(24)25-2/h3-9,17H,10-11H2,1-2H3/t17-,20-/m0/s1. The topological polar surface area (TPSA) is 68.1 Å². The Morgan fingerprint density at radius 3 is 2.76 bits per heavy atom. The first kappa shape index (κ1) is 15.7. The number of methoxy groups -OCH3 is 1. The zero-order chi connectivity index (χ0) is 17.6.